The minimum atomic E-state index is -0.804. The Morgan fingerprint density at radius 3 is 2.70 bits per heavy atom. The summed E-state index contributed by atoms with van der Waals surface area (Å²) in [5.41, 5.74) is 0.282. The zero-order valence-corrected chi connectivity index (χ0v) is 11.6. The number of nitrogens with one attached hydrogen (secondary N) is 1. The molecule has 0 saturated carbocycles. The van der Waals surface area contributed by atoms with E-state index in [1.807, 2.05) is 0 Å². The van der Waals surface area contributed by atoms with E-state index in [1.54, 1.807) is 6.92 Å². The molecule has 8 heteroatoms. The molecule has 1 aromatic carbocycles. The number of carbonyl (C=O) groups is 1. The highest BCUT2D eigenvalue weighted by atomic mass is 35.5. The summed E-state index contributed by atoms with van der Waals surface area (Å²) in [6.07, 6.45) is -0.804. The van der Waals surface area contributed by atoms with Crippen LogP contribution in [-0.4, -0.2) is 12.7 Å². The molecule has 2 rings (SSSR count). The van der Waals surface area contributed by atoms with Crippen molar-refractivity contribution in [3.8, 4) is 0 Å². The van der Waals surface area contributed by atoms with Crippen LogP contribution in [0, 0.1) is 17.3 Å². The lowest BCUT2D eigenvalue weighted by Crippen LogP contribution is -2.44. The minimum Gasteiger partial charge on any atom is -0.710 e. The van der Waals surface area contributed by atoms with E-state index in [0.29, 0.717) is 14.5 Å². The Kier molecular flexibility index (Phi) is 3.80. The second kappa shape index (κ2) is 5.38. The van der Waals surface area contributed by atoms with Crippen LogP contribution < -0.4 is 14.8 Å². The summed E-state index contributed by atoms with van der Waals surface area (Å²) in [6, 6.07) is 4.31. The Bertz CT molecular complexity index is 690. The number of nitrogens with zero attached hydrogens (tertiary/aromatic N) is 2. The number of anilines is 1. The van der Waals surface area contributed by atoms with Gasteiger partial charge < -0.3 is 15.2 Å². The SMILES string of the molecule is CCOC(=O)Nc1c(C)[n+]([O-])c2ccc(Cl)cc2[n+]1[O-]. The Labute approximate surface area is 119 Å². The van der Waals surface area contributed by atoms with Gasteiger partial charge in [0.2, 0.25) is 5.52 Å². The van der Waals surface area contributed by atoms with Gasteiger partial charge in [0.25, 0.3) is 11.2 Å². The summed E-state index contributed by atoms with van der Waals surface area (Å²) in [6.45, 7) is 3.21. The largest absolute Gasteiger partial charge is 0.710 e. The van der Waals surface area contributed by atoms with E-state index in [1.165, 1.54) is 25.1 Å². The van der Waals surface area contributed by atoms with Crippen molar-refractivity contribution in [2.24, 2.45) is 0 Å². The highest BCUT2D eigenvalue weighted by Gasteiger charge is 2.26. The number of benzene rings is 1. The van der Waals surface area contributed by atoms with Crippen LogP contribution in [-0.2, 0) is 4.74 Å². The molecular formula is C12H12ClN3O4. The molecule has 1 heterocycles. The Balaban J connectivity index is 2.63. The second-order valence-corrected chi connectivity index (χ2v) is 4.44. The smallest absolute Gasteiger partial charge is 0.505 e. The van der Waals surface area contributed by atoms with Gasteiger partial charge in [0, 0.05) is 24.1 Å². The summed E-state index contributed by atoms with van der Waals surface area (Å²) in [4.78, 5) is 11.4. The average Bonchev–Trinajstić information content (AvgIpc) is 2.41. The molecule has 1 N–H and O–H groups in total. The Morgan fingerprint density at radius 1 is 1.35 bits per heavy atom. The third-order valence-corrected chi connectivity index (χ3v) is 2.96. The zero-order valence-electron chi connectivity index (χ0n) is 10.8. The molecule has 0 bridgehead atoms. The predicted octanol–water partition coefficient (Wildman–Crippen LogP) is 1.64. The molecule has 1 amide bonds. The molecular weight excluding hydrogens is 286 g/mol. The minimum absolute atomic E-state index is 0.0582. The van der Waals surface area contributed by atoms with Gasteiger partial charge >= 0.3 is 11.9 Å². The van der Waals surface area contributed by atoms with Crippen molar-refractivity contribution >= 4 is 34.5 Å². The highest BCUT2D eigenvalue weighted by molar-refractivity contribution is 6.31. The average molecular weight is 298 g/mol. The van der Waals surface area contributed by atoms with Gasteiger partial charge in [-0.15, -0.1) is 0 Å². The topological polar surface area (TPSA) is 92.2 Å². The fourth-order valence-electron chi connectivity index (χ4n) is 1.78. The van der Waals surface area contributed by atoms with E-state index in [-0.39, 0.29) is 29.2 Å². The fourth-order valence-corrected chi connectivity index (χ4v) is 1.95. The van der Waals surface area contributed by atoms with Gasteiger partial charge in [0.05, 0.1) is 6.61 Å². The molecule has 0 aliphatic rings. The van der Waals surface area contributed by atoms with Crippen molar-refractivity contribution in [2.75, 3.05) is 11.9 Å². The van der Waals surface area contributed by atoms with Gasteiger partial charge in [0.1, 0.15) is 0 Å². The maximum atomic E-state index is 12.2. The standard InChI is InChI=1S/C12H12ClN3O4/c1-3-20-12(17)14-11-7(2)15(18)9-5-4-8(13)6-10(9)16(11)19/h4-6H,3H2,1-2H3,(H,14,17). The van der Waals surface area contributed by atoms with Crippen LogP contribution in [0.15, 0.2) is 18.2 Å². The van der Waals surface area contributed by atoms with Crippen LogP contribution in [0.4, 0.5) is 10.6 Å². The summed E-state index contributed by atoms with van der Waals surface area (Å²) in [7, 11) is 0. The summed E-state index contributed by atoms with van der Waals surface area (Å²) >= 11 is 5.82. The van der Waals surface area contributed by atoms with Crippen molar-refractivity contribution in [3.63, 3.8) is 0 Å². The number of hydrogen-bond donors (Lipinski definition) is 1. The third kappa shape index (κ3) is 2.39. The van der Waals surface area contributed by atoms with Crippen molar-refractivity contribution in [1.82, 2.24) is 0 Å². The van der Waals surface area contributed by atoms with Crippen molar-refractivity contribution in [2.45, 2.75) is 13.8 Å². The summed E-state index contributed by atoms with van der Waals surface area (Å²) < 4.78 is 5.70. The number of amides is 1. The molecule has 7 nitrogen and oxygen atoms in total. The van der Waals surface area contributed by atoms with Gasteiger partial charge in [-0.1, -0.05) is 11.6 Å². The third-order valence-electron chi connectivity index (χ3n) is 2.72. The first-order valence-electron chi connectivity index (χ1n) is 5.84. The zero-order chi connectivity index (χ0) is 14.9. The highest BCUT2D eigenvalue weighted by Crippen LogP contribution is 2.17. The molecule has 0 aliphatic carbocycles. The first-order valence-corrected chi connectivity index (χ1v) is 6.22. The van der Waals surface area contributed by atoms with Crippen LogP contribution in [0.1, 0.15) is 12.6 Å². The fraction of sp³-hybridized carbons (Fsp3) is 0.250. The molecule has 0 atom stereocenters. The molecule has 106 valence electrons. The molecule has 0 aliphatic heterocycles. The van der Waals surface area contributed by atoms with E-state index in [0.717, 1.165) is 0 Å². The van der Waals surface area contributed by atoms with Crippen molar-refractivity contribution in [3.05, 3.63) is 39.3 Å². The van der Waals surface area contributed by atoms with Gasteiger partial charge in [-0.2, -0.15) is 14.8 Å². The Hall–Kier alpha value is -2.28. The lowest BCUT2D eigenvalue weighted by Gasteiger charge is -2.13. The lowest BCUT2D eigenvalue weighted by molar-refractivity contribution is -0.623. The molecule has 0 unspecified atom stereocenters. The van der Waals surface area contributed by atoms with Crippen LogP contribution in [0.5, 0.6) is 0 Å². The number of aromatic nitrogens is 2. The molecule has 0 fully saturated rings. The quantitative estimate of drug-likeness (QED) is 0.673. The van der Waals surface area contributed by atoms with Gasteiger partial charge in [0.15, 0.2) is 0 Å². The van der Waals surface area contributed by atoms with Gasteiger partial charge in [-0.3, -0.25) is 0 Å². The maximum absolute atomic E-state index is 12.2. The maximum Gasteiger partial charge on any atom is 0.505 e. The number of carbonyl (C=O) groups excluding carboxylic acids is 1. The number of halogens is 1. The Morgan fingerprint density at radius 2 is 2.05 bits per heavy atom. The van der Waals surface area contributed by atoms with Crippen LogP contribution >= 0.6 is 11.6 Å². The summed E-state index contributed by atoms with van der Waals surface area (Å²) in [5.74, 6) is -0.187. The van der Waals surface area contributed by atoms with E-state index in [9.17, 15) is 15.2 Å². The normalized spacial score (nSPS) is 10.6. The number of fused-ring (bicyclic) bond motifs is 1. The van der Waals surface area contributed by atoms with Crippen molar-refractivity contribution in [1.29, 1.82) is 0 Å². The molecule has 0 radical (unpaired) electrons. The lowest BCUT2D eigenvalue weighted by atomic mass is 10.3. The first kappa shape index (κ1) is 14.1. The van der Waals surface area contributed by atoms with Crippen molar-refractivity contribution < 1.29 is 19.0 Å². The monoisotopic (exact) mass is 297 g/mol. The van der Waals surface area contributed by atoms with Gasteiger partial charge in [-0.25, -0.2) is 4.73 Å². The second-order valence-electron chi connectivity index (χ2n) is 4.00. The number of ether oxygens (including phenoxy) is 1. The van der Waals surface area contributed by atoms with E-state index in [4.69, 9.17) is 16.3 Å². The van der Waals surface area contributed by atoms with E-state index >= 15 is 0 Å². The van der Waals surface area contributed by atoms with E-state index in [2.05, 4.69) is 5.32 Å². The molecule has 1 aromatic heterocycles. The number of hydrogen-bond acceptors (Lipinski definition) is 4. The van der Waals surface area contributed by atoms with Crippen LogP contribution in [0.2, 0.25) is 5.02 Å². The predicted molar refractivity (Wildman–Crippen MR) is 72.3 cm³/mol. The molecule has 2 aromatic rings. The number of rotatable bonds is 2. The first-order chi connectivity index (χ1) is 9.45. The van der Waals surface area contributed by atoms with Gasteiger partial charge in [-0.05, 0) is 13.0 Å². The van der Waals surface area contributed by atoms with Crippen LogP contribution in [0.3, 0.4) is 0 Å². The molecule has 0 spiro atoms. The van der Waals surface area contributed by atoms with Crippen LogP contribution in [0.25, 0.3) is 11.0 Å². The molecule has 20 heavy (non-hydrogen) atoms. The summed E-state index contributed by atoms with van der Waals surface area (Å²) in [5, 5.41) is 26.9. The van der Waals surface area contributed by atoms with E-state index < -0.39 is 6.09 Å². The molecule has 0 saturated heterocycles.